The molecule has 0 bridgehead atoms. The molecule has 1 amide bonds. The van der Waals surface area contributed by atoms with Crippen molar-refractivity contribution >= 4 is 28.5 Å². The second-order valence-electron chi connectivity index (χ2n) is 8.07. The van der Waals surface area contributed by atoms with Crippen LogP contribution in [0.25, 0.3) is 10.9 Å². The number of fused-ring (bicyclic) bond motifs is 2. The Labute approximate surface area is 188 Å². The lowest BCUT2D eigenvalue weighted by molar-refractivity contribution is 0.0499. The molecule has 3 aromatic rings. The van der Waals surface area contributed by atoms with E-state index < -0.39 is 0 Å². The normalized spacial score (nSPS) is 13.6. The Morgan fingerprint density at radius 2 is 1.88 bits per heavy atom. The maximum absolute atomic E-state index is 13.4. The van der Waals surface area contributed by atoms with Crippen molar-refractivity contribution in [1.82, 2.24) is 9.88 Å². The van der Waals surface area contributed by atoms with Gasteiger partial charge in [-0.2, -0.15) is 0 Å². The molecule has 0 unspecified atom stereocenters. The van der Waals surface area contributed by atoms with E-state index in [9.17, 15) is 9.59 Å². The summed E-state index contributed by atoms with van der Waals surface area (Å²) in [6, 6.07) is 14.6. The van der Waals surface area contributed by atoms with Gasteiger partial charge in [-0.05, 0) is 43.3 Å². The quantitative estimate of drug-likeness (QED) is 0.429. The fourth-order valence-corrected chi connectivity index (χ4v) is 4.05. The molecule has 0 radical (unpaired) electrons. The van der Waals surface area contributed by atoms with Crippen LogP contribution in [0.4, 0.5) is 5.69 Å². The van der Waals surface area contributed by atoms with Gasteiger partial charge in [0.05, 0.1) is 23.3 Å². The zero-order valence-electron chi connectivity index (χ0n) is 18.7. The first-order valence-electron chi connectivity index (χ1n) is 11.3. The second-order valence-corrected chi connectivity index (χ2v) is 8.07. The summed E-state index contributed by atoms with van der Waals surface area (Å²) in [5.41, 5.74) is 4.65. The van der Waals surface area contributed by atoms with Crippen LogP contribution in [-0.2, 0) is 17.7 Å². The fourth-order valence-electron chi connectivity index (χ4n) is 4.05. The van der Waals surface area contributed by atoms with E-state index in [1.54, 1.807) is 24.3 Å². The standard InChI is InChI=1S/C26H29N3O3/c1-3-5-16-32-26(31)18-10-12-19(13-11-18)27-25(30)24-20-8-6-7-9-22(20)28-23-14-15-29(4-2)17-21(23)24/h6-13H,3-5,14-17H2,1-2H3,(H,27,30). The van der Waals surface area contributed by atoms with Crippen molar-refractivity contribution in [2.24, 2.45) is 0 Å². The lowest BCUT2D eigenvalue weighted by atomic mass is 9.95. The molecule has 0 aliphatic carbocycles. The number of amides is 1. The molecule has 2 heterocycles. The van der Waals surface area contributed by atoms with E-state index in [2.05, 4.69) is 17.1 Å². The van der Waals surface area contributed by atoms with Gasteiger partial charge in [0.1, 0.15) is 0 Å². The number of benzene rings is 2. The Kier molecular flexibility index (Phi) is 6.81. The SMILES string of the molecule is CCCCOC(=O)c1ccc(NC(=O)c2c3c(nc4ccccc24)CCN(CC)C3)cc1. The minimum atomic E-state index is -0.342. The summed E-state index contributed by atoms with van der Waals surface area (Å²) < 4.78 is 5.25. The van der Waals surface area contributed by atoms with E-state index >= 15 is 0 Å². The maximum atomic E-state index is 13.4. The maximum Gasteiger partial charge on any atom is 0.338 e. The molecule has 32 heavy (non-hydrogen) atoms. The van der Waals surface area contributed by atoms with Gasteiger partial charge >= 0.3 is 5.97 Å². The molecular formula is C26H29N3O3. The number of hydrogen-bond donors (Lipinski definition) is 1. The molecule has 6 heteroatoms. The first kappa shape index (κ1) is 22.0. The van der Waals surface area contributed by atoms with Gasteiger partial charge in [0.15, 0.2) is 0 Å². The number of anilines is 1. The monoisotopic (exact) mass is 431 g/mol. The van der Waals surface area contributed by atoms with Crippen LogP contribution in [0.5, 0.6) is 0 Å². The predicted molar refractivity (Wildman–Crippen MR) is 126 cm³/mol. The molecule has 2 aromatic carbocycles. The van der Waals surface area contributed by atoms with Crippen LogP contribution in [0.15, 0.2) is 48.5 Å². The van der Waals surface area contributed by atoms with Gasteiger partial charge in [0.25, 0.3) is 5.91 Å². The number of unbranched alkanes of at least 4 members (excludes halogenated alkanes) is 1. The van der Waals surface area contributed by atoms with Crippen molar-refractivity contribution in [3.63, 3.8) is 0 Å². The lowest BCUT2D eigenvalue weighted by Gasteiger charge is -2.29. The lowest BCUT2D eigenvalue weighted by Crippen LogP contribution is -2.33. The summed E-state index contributed by atoms with van der Waals surface area (Å²) in [4.78, 5) is 32.7. The molecule has 0 saturated carbocycles. The molecule has 166 valence electrons. The van der Waals surface area contributed by atoms with Gasteiger partial charge in [0, 0.05) is 41.8 Å². The highest BCUT2D eigenvalue weighted by atomic mass is 16.5. The highest BCUT2D eigenvalue weighted by Gasteiger charge is 2.25. The first-order chi connectivity index (χ1) is 15.6. The van der Waals surface area contributed by atoms with Gasteiger partial charge in [0.2, 0.25) is 0 Å². The molecule has 0 spiro atoms. The van der Waals surface area contributed by atoms with Gasteiger partial charge in [-0.1, -0.05) is 38.5 Å². The number of likely N-dealkylation sites (N-methyl/N-ethyl adjacent to an activating group) is 1. The molecule has 0 fully saturated rings. The highest BCUT2D eigenvalue weighted by molar-refractivity contribution is 6.13. The van der Waals surface area contributed by atoms with Gasteiger partial charge in [-0.15, -0.1) is 0 Å². The summed E-state index contributed by atoms with van der Waals surface area (Å²) in [5, 5.41) is 3.87. The average molecular weight is 432 g/mol. The van der Waals surface area contributed by atoms with Crippen molar-refractivity contribution in [3.8, 4) is 0 Å². The van der Waals surface area contributed by atoms with E-state index in [1.807, 2.05) is 31.2 Å². The van der Waals surface area contributed by atoms with Crippen molar-refractivity contribution in [2.45, 2.75) is 39.7 Å². The minimum Gasteiger partial charge on any atom is -0.462 e. The third kappa shape index (κ3) is 4.65. The van der Waals surface area contributed by atoms with Crippen molar-refractivity contribution in [1.29, 1.82) is 0 Å². The van der Waals surface area contributed by atoms with E-state index in [0.29, 0.717) is 23.4 Å². The van der Waals surface area contributed by atoms with Crippen LogP contribution >= 0.6 is 0 Å². The smallest absolute Gasteiger partial charge is 0.338 e. The summed E-state index contributed by atoms with van der Waals surface area (Å²) in [6.07, 6.45) is 2.66. The highest BCUT2D eigenvalue weighted by Crippen LogP contribution is 2.29. The summed E-state index contributed by atoms with van der Waals surface area (Å²) in [7, 11) is 0. The van der Waals surface area contributed by atoms with E-state index in [4.69, 9.17) is 9.72 Å². The number of carbonyl (C=O) groups excluding carboxylic acids is 2. The number of nitrogens with one attached hydrogen (secondary N) is 1. The van der Waals surface area contributed by atoms with Gasteiger partial charge in [-0.25, -0.2) is 4.79 Å². The van der Waals surface area contributed by atoms with Crippen molar-refractivity contribution in [3.05, 3.63) is 70.9 Å². The molecule has 0 atom stereocenters. The Balaban J connectivity index is 1.59. The van der Waals surface area contributed by atoms with Crippen LogP contribution in [-0.4, -0.2) is 41.5 Å². The van der Waals surface area contributed by atoms with Crippen LogP contribution < -0.4 is 5.32 Å². The number of aromatic nitrogens is 1. The van der Waals surface area contributed by atoms with E-state index in [0.717, 1.165) is 61.1 Å². The van der Waals surface area contributed by atoms with Crippen LogP contribution in [0, 0.1) is 0 Å². The summed E-state index contributed by atoms with van der Waals surface area (Å²) in [6.45, 7) is 7.20. The predicted octanol–water partition coefficient (Wildman–Crippen LogP) is 4.82. The number of carbonyl (C=O) groups is 2. The third-order valence-electron chi connectivity index (χ3n) is 5.91. The van der Waals surface area contributed by atoms with E-state index in [-0.39, 0.29) is 11.9 Å². The van der Waals surface area contributed by atoms with Crippen molar-refractivity contribution < 1.29 is 14.3 Å². The van der Waals surface area contributed by atoms with Crippen LogP contribution in [0.2, 0.25) is 0 Å². The number of ether oxygens (including phenoxy) is 1. The molecule has 6 nitrogen and oxygen atoms in total. The summed E-state index contributed by atoms with van der Waals surface area (Å²) in [5.74, 6) is -0.499. The molecular weight excluding hydrogens is 402 g/mol. The fraction of sp³-hybridized carbons (Fsp3) is 0.346. The topological polar surface area (TPSA) is 71.5 Å². The second kappa shape index (κ2) is 9.92. The van der Waals surface area contributed by atoms with Gasteiger partial charge < -0.3 is 10.1 Å². The van der Waals surface area contributed by atoms with Crippen LogP contribution in [0.3, 0.4) is 0 Å². The number of hydrogen-bond acceptors (Lipinski definition) is 5. The zero-order valence-corrected chi connectivity index (χ0v) is 18.7. The number of para-hydroxylation sites is 1. The first-order valence-corrected chi connectivity index (χ1v) is 11.3. The zero-order chi connectivity index (χ0) is 22.5. The molecule has 1 aliphatic heterocycles. The molecule has 1 aliphatic rings. The number of rotatable bonds is 7. The average Bonchev–Trinajstić information content (AvgIpc) is 2.82. The molecule has 4 rings (SSSR count). The largest absolute Gasteiger partial charge is 0.462 e. The number of esters is 1. The summed E-state index contributed by atoms with van der Waals surface area (Å²) >= 11 is 0. The van der Waals surface area contributed by atoms with E-state index in [1.165, 1.54) is 0 Å². The Bertz CT molecular complexity index is 1130. The van der Waals surface area contributed by atoms with Crippen LogP contribution in [0.1, 0.15) is 58.7 Å². The Hall–Kier alpha value is -3.25. The Morgan fingerprint density at radius 1 is 1.09 bits per heavy atom. The number of nitrogens with zero attached hydrogens (tertiary/aromatic N) is 2. The number of pyridine rings is 1. The molecule has 1 N–H and O–H groups in total. The molecule has 1 aromatic heterocycles. The minimum absolute atomic E-state index is 0.156. The molecule has 0 saturated heterocycles. The van der Waals surface area contributed by atoms with Gasteiger partial charge in [-0.3, -0.25) is 14.7 Å². The Morgan fingerprint density at radius 3 is 2.62 bits per heavy atom. The third-order valence-corrected chi connectivity index (χ3v) is 5.91. The van der Waals surface area contributed by atoms with Crippen molar-refractivity contribution in [2.75, 3.05) is 25.0 Å².